The lowest BCUT2D eigenvalue weighted by Crippen LogP contribution is -2.57. The molecule has 0 atom stereocenters. The monoisotopic (exact) mass is 377 g/mol. The summed E-state index contributed by atoms with van der Waals surface area (Å²) in [6, 6.07) is -0.101. The molecular weight excluding hydrogens is 350 g/mol. The van der Waals surface area contributed by atoms with Gasteiger partial charge in [0.15, 0.2) is 0 Å². The lowest BCUT2D eigenvalue weighted by molar-refractivity contribution is -0.141. The highest BCUT2D eigenvalue weighted by molar-refractivity contribution is 7.87. The molecule has 0 amide bonds. The molecule has 2 N–H and O–H groups in total. The van der Waals surface area contributed by atoms with Crippen LogP contribution < -0.4 is 4.72 Å². The summed E-state index contributed by atoms with van der Waals surface area (Å²) >= 11 is 0. The largest absolute Gasteiger partial charge is 0.480 e. The molecule has 10 heteroatoms. The molecule has 0 aromatic heterocycles. The normalized spacial score (nSPS) is 23.5. The number of methoxy groups -OCH3 is 1. The predicted octanol–water partition coefficient (Wildman–Crippen LogP) is -0.357. The summed E-state index contributed by atoms with van der Waals surface area (Å²) in [6.07, 6.45) is 3.48. The van der Waals surface area contributed by atoms with Gasteiger partial charge in [0, 0.05) is 32.2 Å². The van der Waals surface area contributed by atoms with Crippen molar-refractivity contribution in [1.82, 2.24) is 13.9 Å². The van der Waals surface area contributed by atoms with Gasteiger partial charge >= 0.3 is 11.9 Å². The third-order valence-corrected chi connectivity index (χ3v) is 6.38. The number of hydrogen-bond donors (Lipinski definition) is 2. The van der Waals surface area contributed by atoms with Crippen molar-refractivity contribution in [1.29, 1.82) is 0 Å². The molecular formula is C15H27N3O6S. The highest BCUT2D eigenvalue weighted by Gasteiger charge is 2.39. The van der Waals surface area contributed by atoms with Gasteiger partial charge in [0.2, 0.25) is 0 Å². The van der Waals surface area contributed by atoms with Crippen LogP contribution in [0.15, 0.2) is 0 Å². The Balaban J connectivity index is 1.78. The fourth-order valence-electron chi connectivity index (χ4n) is 2.90. The van der Waals surface area contributed by atoms with E-state index >= 15 is 0 Å². The van der Waals surface area contributed by atoms with Gasteiger partial charge in [-0.05, 0) is 31.6 Å². The molecule has 0 radical (unpaired) electrons. The van der Waals surface area contributed by atoms with Crippen molar-refractivity contribution < 1.29 is 27.9 Å². The van der Waals surface area contributed by atoms with Gasteiger partial charge in [-0.2, -0.15) is 17.4 Å². The highest BCUT2D eigenvalue weighted by atomic mass is 32.2. The molecule has 0 aromatic carbocycles. The SMILES string of the molecule is COC(=O)CCN(C)S(=O)(=O)NC1CC(N(CC(=O)O)CC2CC2)C1. The third kappa shape index (κ3) is 6.21. The summed E-state index contributed by atoms with van der Waals surface area (Å²) in [5.41, 5.74) is 0. The third-order valence-electron chi connectivity index (χ3n) is 4.74. The van der Waals surface area contributed by atoms with Crippen molar-refractivity contribution in [2.75, 3.05) is 33.8 Å². The molecule has 2 aliphatic carbocycles. The summed E-state index contributed by atoms with van der Waals surface area (Å²) in [4.78, 5) is 24.1. The second kappa shape index (κ2) is 8.43. The first kappa shape index (κ1) is 20.1. The number of carbonyl (C=O) groups excluding carboxylic acids is 1. The Morgan fingerprint density at radius 3 is 2.44 bits per heavy atom. The summed E-state index contributed by atoms with van der Waals surface area (Å²) in [6.45, 7) is 0.820. The van der Waals surface area contributed by atoms with E-state index in [-0.39, 0.29) is 31.6 Å². The van der Waals surface area contributed by atoms with Crippen LogP contribution >= 0.6 is 0 Å². The van der Waals surface area contributed by atoms with Crippen LogP contribution in [0.3, 0.4) is 0 Å². The standard InChI is InChI=1S/C15H27N3O6S/c1-17(6-5-15(21)24-2)25(22,23)16-12-7-13(8-12)18(10-14(19)20)9-11-3-4-11/h11-13,16H,3-10H2,1-2H3,(H,19,20). The maximum atomic E-state index is 12.2. The van der Waals surface area contributed by atoms with Crippen LogP contribution in [0, 0.1) is 5.92 Å². The summed E-state index contributed by atoms with van der Waals surface area (Å²) in [7, 11) is -1.00. The number of carbonyl (C=O) groups is 2. The van der Waals surface area contributed by atoms with Crippen LogP contribution in [-0.4, -0.2) is 80.5 Å². The first-order chi connectivity index (χ1) is 11.7. The summed E-state index contributed by atoms with van der Waals surface area (Å²) in [5.74, 6) is -0.734. The second-order valence-electron chi connectivity index (χ2n) is 6.86. The molecule has 2 aliphatic rings. The van der Waals surface area contributed by atoms with Crippen LogP contribution in [0.2, 0.25) is 0 Å². The van der Waals surface area contributed by atoms with Crippen LogP contribution in [-0.2, 0) is 24.5 Å². The quantitative estimate of drug-likeness (QED) is 0.473. The molecule has 0 heterocycles. The lowest BCUT2D eigenvalue weighted by Gasteiger charge is -2.42. The molecule has 0 spiro atoms. The molecule has 2 fully saturated rings. The Kier molecular flexibility index (Phi) is 6.78. The number of carboxylic acids is 1. The molecule has 0 aromatic rings. The number of hydrogen-bond acceptors (Lipinski definition) is 6. The molecule has 25 heavy (non-hydrogen) atoms. The number of nitrogens with one attached hydrogen (secondary N) is 1. The summed E-state index contributed by atoms with van der Waals surface area (Å²) in [5, 5.41) is 9.04. The molecule has 0 aliphatic heterocycles. The van der Waals surface area contributed by atoms with Crippen molar-refractivity contribution >= 4 is 22.1 Å². The summed E-state index contributed by atoms with van der Waals surface area (Å²) < 4.78 is 32.7. The average molecular weight is 377 g/mol. The number of carboxylic acid groups (broad SMARTS) is 1. The number of ether oxygens (including phenoxy) is 1. The lowest BCUT2D eigenvalue weighted by atomic mass is 9.86. The van der Waals surface area contributed by atoms with E-state index < -0.39 is 22.1 Å². The zero-order valence-corrected chi connectivity index (χ0v) is 15.5. The topological polar surface area (TPSA) is 116 Å². The van der Waals surface area contributed by atoms with E-state index in [4.69, 9.17) is 5.11 Å². The van der Waals surface area contributed by atoms with E-state index in [0.717, 1.165) is 23.7 Å². The van der Waals surface area contributed by atoms with Gasteiger partial charge in [-0.25, -0.2) is 0 Å². The van der Waals surface area contributed by atoms with Crippen LogP contribution in [0.25, 0.3) is 0 Å². The van der Waals surface area contributed by atoms with Gasteiger partial charge in [0.25, 0.3) is 10.2 Å². The predicted molar refractivity (Wildman–Crippen MR) is 90.1 cm³/mol. The van der Waals surface area contributed by atoms with E-state index in [2.05, 4.69) is 9.46 Å². The minimum absolute atomic E-state index is 0.000329. The van der Waals surface area contributed by atoms with Crippen molar-refractivity contribution in [3.63, 3.8) is 0 Å². The van der Waals surface area contributed by atoms with Crippen LogP contribution in [0.5, 0.6) is 0 Å². The van der Waals surface area contributed by atoms with Gasteiger partial charge in [-0.15, -0.1) is 0 Å². The second-order valence-corrected chi connectivity index (χ2v) is 8.67. The van der Waals surface area contributed by atoms with Crippen molar-refractivity contribution in [3.8, 4) is 0 Å². The molecule has 2 rings (SSSR count). The Morgan fingerprint density at radius 1 is 1.28 bits per heavy atom. The van der Waals surface area contributed by atoms with Crippen LogP contribution in [0.4, 0.5) is 0 Å². The zero-order chi connectivity index (χ0) is 18.6. The number of aliphatic carboxylic acids is 1. The first-order valence-electron chi connectivity index (χ1n) is 8.47. The van der Waals surface area contributed by atoms with Crippen molar-refractivity contribution in [2.24, 2.45) is 5.92 Å². The van der Waals surface area contributed by atoms with Gasteiger partial charge in [0.05, 0.1) is 20.1 Å². The van der Waals surface area contributed by atoms with E-state index in [9.17, 15) is 18.0 Å². The molecule has 0 unspecified atom stereocenters. The van der Waals surface area contributed by atoms with E-state index in [0.29, 0.717) is 18.8 Å². The molecule has 9 nitrogen and oxygen atoms in total. The van der Waals surface area contributed by atoms with E-state index in [1.165, 1.54) is 14.2 Å². The molecule has 144 valence electrons. The fourth-order valence-corrected chi connectivity index (χ4v) is 4.03. The van der Waals surface area contributed by atoms with E-state index in [1.807, 2.05) is 4.90 Å². The van der Waals surface area contributed by atoms with Gasteiger partial charge in [-0.3, -0.25) is 14.5 Å². The molecule has 0 saturated heterocycles. The zero-order valence-electron chi connectivity index (χ0n) is 14.7. The minimum atomic E-state index is -3.67. The number of rotatable bonds is 11. The van der Waals surface area contributed by atoms with Crippen LogP contribution in [0.1, 0.15) is 32.1 Å². The maximum Gasteiger partial charge on any atom is 0.317 e. The number of nitrogens with zero attached hydrogens (tertiary/aromatic N) is 2. The maximum absolute atomic E-state index is 12.2. The Labute approximate surface area is 148 Å². The highest BCUT2D eigenvalue weighted by Crippen LogP contribution is 2.34. The van der Waals surface area contributed by atoms with Gasteiger partial charge in [0.1, 0.15) is 0 Å². The fraction of sp³-hybridized carbons (Fsp3) is 0.867. The average Bonchev–Trinajstić information content (AvgIpc) is 3.30. The van der Waals surface area contributed by atoms with Crippen molar-refractivity contribution in [2.45, 2.75) is 44.2 Å². The Morgan fingerprint density at radius 2 is 1.92 bits per heavy atom. The smallest absolute Gasteiger partial charge is 0.317 e. The Hall–Kier alpha value is -1.23. The van der Waals surface area contributed by atoms with Gasteiger partial charge < -0.3 is 9.84 Å². The van der Waals surface area contributed by atoms with Crippen molar-refractivity contribution in [3.05, 3.63) is 0 Å². The Bertz CT molecular complexity index is 586. The van der Waals surface area contributed by atoms with Gasteiger partial charge in [-0.1, -0.05) is 0 Å². The number of esters is 1. The minimum Gasteiger partial charge on any atom is -0.480 e. The molecule has 2 saturated carbocycles. The first-order valence-corrected chi connectivity index (χ1v) is 9.91. The molecule has 0 bridgehead atoms. The van der Waals surface area contributed by atoms with E-state index in [1.54, 1.807) is 0 Å².